The molecule has 0 aliphatic heterocycles. The van der Waals surface area contributed by atoms with Crippen LogP contribution in [0.3, 0.4) is 0 Å². The first-order valence-corrected chi connectivity index (χ1v) is 10.6. The number of aliphatic hydroxyl groups is 1. The molecule has 6 nitrogen and oxygen atoms in total. The number of aryl methyl sites for hydroxylation is 1. The van der Waals surface area contributed by atoms with Crippen LogP contribution < -0.4 is 11.1 Å². The number of hydrogen-bond acceptors (Lipinski definition) is 5. The number of allylic oxidation sites excluding steroid dienone is 1. The number of benzene rings is 2. The molecular weight excluding hydrogens is 433 g/mol. The fourth-order valence-electron chi connectivity index (χ4n) is 3.38. The van der Waals surface area contributed by atoms with Crippen LogP contribution in [0.5, 0.6) is 0 Å². The fraction of sp³-hybridized carbons (Fsp3) is 0.250. The van der Waals surface area contributed by atoms with Crippen LogP contribution in [0, 0.1) is 12.7 Å². The van der Waals surface area contributed by atoms with E-state index in [4.69, 9.17) is 21.9 Å². The van der Waals surface area contributed by atoms with Crippen molar-refractivity contribution in [3.05, 3.63) is 87.5 Å². The number of anilines is 1. The molecule has 1 amide bonds. The van der Waals surface area contributed by atoms with E-state index in [0.29, 0.717) is 23.7 Å². The summed E-state index contributed by atoms with van der Waals surface area (Å²) in [6.07, 6.45) is 2.12. The monoisotopic (exact) mass is 457 g/mol. The molecule has 4 N–H and O–H groups in total. The molecule has 0 saturated heterocycles. The van der Waals surface area contributed by atoms with Gasteiger partial charge in [0.1, 0.15) is 11.9 Å². The SMILES string of the molecule is CC/C=C(/CCNC(=O)c1cc(C(O)c2cc(N)ccc2F)on1)c1cc(Cl)ccc1C. The van der Waals surface area contributed by atoms with Gasteiger partial charge in [-0.3, -0.25) is 4.79 Å². The average Bonchev–Trinajstić information content (AvgIpc) is 3.26. The number of hydrogen-bond donors (Lipinski definition) is 3. The largest absolute Gasteiger partial charge is 0.399 e. The number of aliphatic hydroxyl groups excluding tert-OH is 1. The van der Waals surface area contributed by atoms with Gasteiger partial charge in [0, 0.05) is 28.9 Å². The Morgan fingerprint density at radius 3 is 2.84 bits per heavy atom. The van der Waals surface area contributed by atoms with Crippen LogP contribution in [0.25, 0.3) is 5.57 Å². The van der Waals surface area contributed by atoms with Crippen molar-refractivity contribution in [2.24, 2.45) is 0 Å². The van der Waals surface area contributed by atoms with E-state index >= 15 is 0 Å². The van der Waals surface area contributed by atoms with Gasteiger partial charge in [-0.05, 0) is 66.8 Å². The van der Waals surface area contributed by atoms with E-state index in [-0.39, 0.29) is 17.0 Å². The molecule has 0 saturated carbocycles. The molecule has 1 atom stereocenters. The Balaban J connectivity index is 1.65. The number of rotatable bonds is 8. The van der Waals surface area contributed by atoms with Gasteiger partial charge >= 0.3 is 0 Å². The van der Waals surface area contributed by atoms with Crippen molar-refractivity contribution < 1.29 is 18.8 Å². The predicted molar refractivity (Wildman–Crippen MR) is 123 cm³/mol. The van der Waals surface area contributed by atoms with Crippen LogP contribution in [0.15, 0.2) is 53.1 Å². The van der Waals surface area contributed by atoms with Gasteiger partial charge in [-0.25, -0.2) is 4.39 Å². The van der Waals surface area contributed by atoms with Gasteiger partial charge in [0.2, 0.25) is 0 Å². The summed E-state index contributed by atoms with van der Waals surface area (Å²) in [6.45, 7) is 4.42. The number of nitrogens with two attached hydrogens (primary N) is 1. The maximum atomic E-state index is 14.0. The predicted octanol–water partition coefficient (Wildman–Crippen LogP) is 5.05. The quantitative estimate of drug-likeness (QED) is 0.411. The van der Waals surface area contributed by atoms with E-state index in [9.17, 15) is 14.3 Å². The Morgan fingerprint density at radius 2 is 2.09 bits per heavy atom. The van der Waals surface area contributed by atoms with E-state index in [0.717, 1.165) is 29.2 Å². The van der Waals surface area contributed by atoms with E-state index < -0.39 is 17.8 Å². The topological polar surface area (TPSA) is 101 Å². The molecule has 32 heavy (non-hydrogen) atoms. The van der Waals surface area contributed by atoms with E-state index in [1.165, 1.54) is 18.2 Å². The molecular formula is C24H25ClFN3O3. The third-order valence-electron chi connectivity index (χ3n) is 5.02. The maximum Gasteiger partial charge on any atom is 0.273 e. The van der Waals surface area contributed by atoms with Gasteiger partial charge in [0.05, 0.1) is 0 Å². The Labute approximate surface area is 190 Å². The molecule has 3 rings (SSSR count). The van der Waals surface area contributed by atoms with Crippen molar-refractivity contribution in [2.45, 2.75) is 32.8 Å². The number of halogens is 2. The van der Waals surface area contributed by atoms with Crippen LogP contribution in [-0.2, 0) is 0 Å². The maximum absolute atomic E-state index is 14.0. The van der Waals surface area contributed by atoms with E-state index in [2.05, 4.69) is 16.5 Å². The number of carbonyl (C=O) groups excluding carboxylic acids is 1. The first kappa shape index (κ1) is 23.5. The summed E-state index contributed by atoms with van der Waals surface area (Å²) in [5.74, 6) is -1.15. The fourth-order valence-corrected chi connectivity index (χ4v) is 3.56. The Bertz CT molecular complexity index is 1140. The van der Waals surface area contributed by atoms with Gasteiger partial charge in [-0.1, -0.05) is 35.8 Å². The van der Waals surface area contributed by atoms with Gasteiger partial charge in [0.15, 0.2) is 11.5 Å². The summed E-state index contributed by atoms with van der Waals surface area (Å²) in [5, 5.41) is 17.5. The molecule has 2 aromatic carbocycles. The first-order valence-electron chi connectivity index (χ1n) is 10.2. The van der Waals surface area contributed by atoms with Crippen LogP contribution in [0.4, 0.5) is 10.1 Å². The minimum absolute atomic E-state index is 0.0108. The van der Waals surface area contributed by atoms with Crippen molar-refractivity contribution in [2.75, 3.05) is 12.3 Å². The Hall–Kier alpha value is -3.16. The molecule has 3 aromatic rings. The Morgan fingerprint density at radius 1 is 1.31 bits per heavy atom. The molecule has 0 bridgehead atoms. The molecule has 0 aliphatic carbocycles. The molecule has 168 valence electrons. The van der Waals surface area contributed by atoms with Crippen molar-refractivity contribution in [3.63, 3.8) is 0 Å². The van der Waals surface area contributed by atoms with Crippen LogP contribution in [0.1, 0.15) is 58.8 Å². The third-order valence-corrected chi connectivity index (χ3v) is 5.26. The van der Waals surface area contributed by atoms with E-state index in [1.54, 1.807) is 0 Å². The number of nitrogens with zero attached hydrogens (tertiary/aromatic N) is 1. The second-order valence-electron chi connectivity index (χ2n) is 7.40. The smallest absolute Gasteiger partial charge is 0.273 e. The van der Waals surface area contributed by atoms with E-state index in [1.807, 2.05) is 32.0 Å². The summed E-state index contributed by atoms with van der Waals surface area (Å²) in [6, 6.07) is 10.9. The average molecular weight is 458 g/mol. The lowest BCUT2D eigenvalue weighted by atomic mass is 9.97. The normalized spacial score (nSPS) is 12.6. The first-order chi connectivity index (χ1) is 15.3. The summed E-state index contributed by atoms with van der Waals surface area (Å²) < 4.78 is 19.1. The third kappa shape index (κ3) is 5.55. The van der Waals surface area contributed by atoms with Crippen molar-refractivity contribution in [1.82, 2.24) is 10.5 Å². The number of amides is 1. The molecule has 1 heterocycles. The molecule has 8 heteroatoms. The number of aromatic nitrogens is 1. The van der Waals surface area contributed by atoms with Crippen LogP contribution in [-0.4, -0.2) is 22.7 Å². The molecule has 0 aliphatic rings. The zero-order valence-electron chi connectivity index (χ0n) is 17.9. The van der Waals surface area contributed by atoms with Crippen LogP contribution in [0.2, 0.25) is 5.02 Å². The van der Waals surface area contributed by atoms with Crippen molar-refractivity contribution in [3.8, 4) is 0 Å². The number of nitrogens with one attached hydrogen (secondary N) is 1. The van der Waals surface area contributed by atoms with Crippen molar-refractivity contribution in [1.29, 1.82) is 0 Å². The highest BCUT2D eigenvalue weighted by atomic mass is 35.5. The summed E-state index contributed by atoms with van der Waals surface area (Å²) in [4.78, 5) is 12.5. The molecule has 0 radical (unpaired) electrons. The van der Waals surface area contributed by atoms with Gasteiger partial charge in [-0.15, -0.1) is 0 Å². The lowest BCUT2D eigenvalue weighted by molar-refractivity contribution is 0.0944. The standard InChI is InChI=1S/C24H25ClFN3O3/c1-3-4-15(18-11-16(25)6-5-14(18)2)9-10-28-24(31)21-13-22(32-29-21)23(30)19-12-17(27)7-8-20(19)26/h4-8,11-13,23,30H,3,9-10,27H2,1-2H3,(H,28,31)/b15-4-. The van der Waals surface area contributed by atoms with Crippen molar-refractivity contribution >= 4 is 28.8 Å². The second-order valence-corrected chi connectivity index (χ2v) is 7.84. The summed E-state index contributed by atoms with van der Waals surface area (Å²) in [7, 11) is 0. The van der Waals surface area contributed by atoms with Gasteiger partial charge < -0.3 is 20.7 Å². The summed E-state index contributed by atoms with van der Waals surface area (Å²) >= 11 is 6.15. The highest BCUT2D eigenvalue weighted by Gasteiger charge is 2.22. The molecule has 0 spiro atoms. The zero-order chi connectivity index (χ0) is 23.3. The lowest BCUT2D eigenvalue weighted by Gasteiger charge is -2.12. The minimum atomic E-state index is -1.43. The zero-order valence-corrected chi connectivity index (χ0v) is 18.6. The Kier molecular flexibility index (Phi) is 7.66. The molecule has 1 unspecified atom stereocenters. The minimum Gasteiger partial charge on any atom is -0.399 e. The number of nitrogen functional groups attached to an aromatic ring is 1. The van der Waals surface area contributed by atoms with Crippen LogP contribution >= 0.6 is 11.6 Å². The number of carbonyl (C=O) groups is 1. The van der Waals surface area contributed by atoms with Gasteiger partial charge in [0.25, 0.3) is 5.91 Å². The summed E-state index contributed by atoms with van der Waals surface area (Å²) in [5.41, 5.74) is 9.12. The van der Waals surface area contributed by atoms with Gasteiger partial charge in [-0.2, -0.15) is 0 Å². The lowest BCUT2D eigenvalue weighted by Crippen LogP contribution is -2.25. The highest BCUT2D eigenvalue weighted by molar-refractivity contribution is 6.30. The molecule has 0 fully saturated rings. The second kappa shape index (κ2) is 10.4. The molecule has 1 aromatic heterocycles. The highest BCUT2D eigenvalue weighted by Crippen LogP contribution is 2.27.